The maximum absolute atomic E-state index is 13.2. The Morgan fingerprint density at radius 2 is 1.55 bits per heavy atom. The first-order chi connectivity index (χ1) is 18.4. The minimum absolute atomic E-state index is 0.0866. The molecule has 0 atom stereocenters. The van der Waals surface area contributed by atoms with E-state index in [0.717, 1.165) is 6.42 Å². The van der Waals surface area contributed by atoms with Crippen molar-refractivity contribution in [2.45, 2.75) is 19.8 Å². The molecule has 0 aliphatic heterocycles. The molecular weight excluding hydrogens is 512 g/mol. The number of hydrogen-bond acceptors (Lipinski definition) is 10. The molecule has 0 saturated heterocycles. The third kappa shape index (κ3) is 6.62. The smallest absolute Gasteiger partial charge is 0.257 e. The molecule has 1 N–H and O–H groups in total. The van der Waals surface area contributed by atoms with Crippen LogP contribution in [0, 0.1) is 0 Å². The lowest BCUT2D eigenvalue weighted by Crippen LogP contribution is -2.34. The summed E-state index contributed by atoms with van der Waals surface area (Å²) < 4.78 is 26.7. The molecule has 12 heteroatoms. The van der Waals surface area contributed by atoms with Crippen LogP contribution >= 0.6 is 11.3 Å². The largest absolute Gasteiger partial charge is 0.497 e. The van der Waals surface area contributed by atoms with Gasteiger partial charge in [-0.2, -0.15) is 0 Å². The Kier molecular flexibility index (Phi) is 10.1. The van der Waals surface area contributed by atoms with Crippen LogP contribution in [0.5, 0.6) is 28.7 Å². The molecule has 0 fully saturated rings. The van der Waals surface area contributed by atoms with E-state index in [2.05, 4.69) is 15.5 Å². The molecule has 0 bridgehead atoms. The third-order valence-corrected chi connectivity index (χ3v) is 6.50. The van der Waals surface area contributed by atoms with Gasteiger partial charge in [0.1, 0.15) is 16.5 Å². The summed E-state index contributed by atoms with van der Waals surface area (Å²) in [7, 11) is 7.64. The molecule has 0 radical (unpaired) electrons. The highest BCUT2D eigenvalue weighted by Crippen LogP contribution is 2.42. The van der Waals surface area contributed by atoms with E-state index in [4.69, 9.17) is 23.7 Å². The van der Waals surface area contributed by atoms with Crippen LogP contribution in [0.1, 0.15) is 30.1 Å². The number of benzene rings is 2. The first kappa shape index (κ1) is 28.5. The molecule has 0 spiro atoms. The lowest BCUT2D eigenvalue weighted by atomic mass is 10.1. The Bertz CT molecular complexity index is 1240. The monoisotopic (exact) mass is 544 g/mol. The second kappa shape index (κ2) is 13.5. The number of nitrogens with zero attached hydrogens (tertiary/aromatic N) is 3. The van der Waals surface area contributed by atoms with Crippen LogP contribution in [0.15, 0.2) is 30.3 Å². The highest BCUT2D eigenvalue weighted by molar-refractivity contribution is 7.18. The summed E-state index contributed by atoms with van der Waals surface area (Å²) in [6, 6.07) is 8.54. The van der Waals surface area contributed by atoms with Gasteiger partial charge in [-0.05, 0) is 30.7 Å². The van der Waals surface area contributed by atoms with Crippen LogP contribution in [-0.2, 0) is 4.79 Å². The van der Waals surface area contributed by atoms with E-state index in [-0.39, 0.29) is 24.8 Å². The molecule has 1 aromatic heterocycles. The number of rotatable bonds is 13. The van der Waals surface area contributed by atoms with Crippen molar-refractivity contribution in [3.05, 3.63) is 35.9 Å². The second-order valence-electron chi connectivity index (χ2n) is 7.98. The summed E-state index contributed by atoms with van der Waals surface area (Å²) >= 11 is 1.21. The van der Waals surface area contributed by atoms with E-state index in [9.17, 15) is 9.59 Å². The van der Waals surface area contributed by atoms with Crippen LogP contribution in [0.4, 0.5) is 5.13 Å². The fraction of sp³-hybridized carbons (Fsp3) is 0.385. The zero-order valence-electron chi connectivity index (χ0n) is 22.3. The van der Waals surface area contributed by atoms with Gasteiger partial charge in [-0.3, -0.25) is 9.59 Å². The number of carbonyl (C=O) groups is 2. The first-order valence-corrected chi connectivity index (χ1v) is 12.7. The summed E-state index contributed by atoms with van der Waals surface area (Å²) in [6.45, 7) is 2.69. The molecule has 0 aliphatic carbocycles. The summed E-state index contributed by atoms with van der Waals surface area (Å²) in [5.41, 5.74) is 1.10. The van der Waals surface area contributed by atoms with Crippen molar-refractivity contribution in [3.8, 4) is 39.3 Å². The van der Waals surface area contributed by atoms with E-state index < -0.39 is 0 Å². The number of carbonyl (C=O) groups excluding carboxylic acids is 2. The minimum Gasteiger partial charge on any atom is -0.497 e. The highest BCUT2D eigenvalue weighted by Gasteiger charge is 2.21. The van der Waals surface area contributed by atoms with Crippen molar-refractivity contribution in [3.63, 3.8) is 0 Å². The number of ether oxygens (including phenoxy) is 5. The maximum atomic E-state index is 13.2. The van der Waals surface area contributed by atoms with Gasteiger partial charge < -0.3 is 33.9 Å². The second-order valence-corrected chi connectivity index (χ2v) is 8.96. The Hall–Kier alpha value is -4.06. The molecule has 11 nitrogen and oxygen atoms in total. The minimum atomic E-state index is -0.284. The standard InChI is InChI=1S/C26H32N4O7S/c1-7-11-30(25(32)18-9-8-17(33-2)15-19(18)34-3)12-10-22(31)27-26-29-28-24(38-26)16-13-20(35-4)23(37-6)21(14-16)36-5/h8-9,13-15H,7,10-12H2,1-6H3,(H,27,29,31). The molecule has 0 unspecified atom stereocenters. The van der Waals surface area contributed by atoms with Gasteiger partial charge in [0.25, 0.3) is 5.91 Å². The Morgan fingerprint density at radius 1 is 0.868 bits per heavy atom. The zero-order valence-corrected chi connectivity index (χ0v) is 23.1. The van der Waals surface area contributed by atoms with Gasteiger partial charge in [0.05, 0.1) is 41.1 Å². The van der Waals surface area contributed by atoms with Gasteiger partial charge in [0.2, 0.25) is 16.8 Å². The zero-order chi connectivity index (χ0) is 27.7. The predicted octanol–water partition coefficient (Wildman–Crippen LogP) is 4.13. The Balaban J connectivity index is 1.68. The quantitative estimate of drug-likeness (QED) is 0.338. The number of methoxy groups -OCH3 is 5. The lowest BCUT2D eigenvalue weighted by molar-refractivity contribution is -0.116. The van der Waals surface area contributed by atoms with Gasteiger partial charge in [0, 0.05) is 31.1 Å². The molecule has 204 valence electrons. The fourth-order valence-corrected chi connectivity index (χ4v) is 4.49. The van der Waals surface area contributed by atoms with Gasteiger partial charge in [-0.1, -0.05) is 18.3 Å². The summed E-state index contributed by atoms with van der Waals surface area (Å²) in [5.74, 6) is 1.92. The average molecular weight is 545 g/mol. The van der Waals surface area contributed by atoms with Crippen molar-refractivity contribution < 1.29 is 33.3 Å². The molecule has 2 amide bonds. The van der Waals surface area contributed by atoms with Crippen LogP contribution in [0.25, 0.3) is 10.6 Å². The molecule has 0 aliphatic rings. The van der Waals surface area contributed by atoms with E-state index in [1.807, 2.05) is 6.92 Å². The van der Waals surface area contributed by atoms with E-state index in [0.29, 0.717) is 56.6 Å². The SMILES string of the molecule is CCCN(CCC(=O)Nc1nnc(-c2cc(OC)c(OC)c(OC)c2)s1)C(=O)c1ccc(OC)cc1OC. The predicted molar refractivity (Wildman–Crippen MR) is 144 cm³/mol. The Morgan fingerprint density at radius 3 is 2.13 bits per heavy atom. The van der Waals surface area contributed by atoms with Crippen molar-refractivity contribution in [2.75, 3.05) is 54.0 Å². The van der Waals surface area contributed by atoms with Crippen LogP contribution in [0.2, 0.25) is 0 Å². The van der Waals surface area contributed by atoms with Gasteiger partial charge in [-0.15, -0.1) is 10.2 Å². The first-order valence-electron chi connectivity index (χ1n) is 11.8. The normalized spacial score (nSPS) is 10.5. The van der Waals surface area contributed by atoms with Gasteiger partial charge >= 0.3 is 0 Å². The molecule has 0 saturated carbocycles. The van der Waals surface area contributed by atoms with E-state index in [1.165, 1.54) is 39.8 Å². The molecule has 38 heavy (non-hydrogen) atoms. The van der Waals surface area contributed by atoms with E-state index in [1.54, 1.807) is 42.3 Å². The van der Waals surface area contributed by atoms with Crippen LogP contribution in [0.3, 0.4) is 0 Å². The third-order valence-electron chi connectivity index (χ3n) is 5.61. The molecule has 1 heterocycles. The molecule has 3 aromatic rings. The average Bonchev–Trinajstić information content (AvgIpc) is 3.41. The van der Waals surface area contributed by atoms with Crippen molar-refractivity contribution in [2.24, 2.45) is 0 Å². The number of aromatic nitrogens is 2. The number of hydrogen-bond donors (Lipinski definition) is 1. The van der Waals surface area contributed by atoms with Gasteiger partial charge in [-0.25, -0.2) is 0 Å². The summed E-state index contributed by atoms with van der Waals surface area (Å²) in [4.78, 5) is 27.6. The van der Waals surface area contributed by atoms with Gasteiger partial charge in [0.15, 0.2) is 11.5 Å². The number of amides is 2. The number of anilines is 1. The Labute approximate surface area is 225 Å². The lowest BCUT2D eigenvalue weighted by Gasteiger charge is -2.23. The molecular formula is C26H32N4O7S. The summed E-state index contributed by atoms with van der Waals surface area (Å²) in [6.07, 6.45) is 0.823. The topological polar surface area (TPSA) is 121 Å². The molecule has 2 aromatic carbocycles. The van der Waals surface area contributed by atoms with Crippen molar-refractivity contribution >= 4 is 28.3 Å². The number of nitrogens with one attached hydrogen (secondary N) is 1. The highest BCUT2D eigenvalue weighted by atomic mass is 32.1. The van der Waals surface area contributed by atoms with Crippen LogP contribution < -0.4 is 29.0 Å². The van der Waals surface area contributed by atoms with Crippen molar-refractivity contribution in [1.29, 1.82) is 0 Å². The fourth-order valence-electron chi connectivity index (χ4n) is 3.74. The van der Waals surface area contributed by atoms with Crippen molar-refractivity contribution in [1.82, 2.24) is 15.1 Å². The van der Waals surface area contributed by atoms with E-state index >= 15 is 0 Å². The van der Waals surface area contributed by atoms with Crippen LogP contribution in [-0.4, -0.2) is 75.6 Å². The maximum Gasteiger partial charge on any atom is 0.257 e. The summed E-state index contributed by atoms with van der Waals surface area (Å²) in [5, 5.41) is 11.9. The molecule has 3 rings (SSSR count).